The first kappa shape index (κ1) is 10.4. The Morgan fingerprint density at radius 1 is 1.40 bits per heavy atom. The molecular weight excluding hydrogens is 238 g/mol. The Hall–Kier alpha value is -1.11. The summed E-state index contributed by atoms with van der Waals surface area (Å²) in [5.41, 5.74) is 0. The lowest BCUT2D eigenvalue weighted by Crippen LogP contribution is -2.38. The van der Waals surface area contributed by atoms with Crippen molar-refractivity contribution in [1.29, 1.82) is 0 Å². The van der Waals surface area contributed by atoms with Crippen molar-refractivity contribution in [3.8, 4) is 0 Å². The molecule has 5 nitrogen and oxygen atoms in total. The summed E-state index contributed by atoms with van der Waals surface area (Å²) in [6.07, 6.45) is 4.89. The molecule has 0 N–H and O–H groups in total. The van der Waals surface area contributed by atoms with Gasteiger partial charge in [0.15, 0.2) is 0 Å². The number of halogens is 1. The third-order valence-corrected chi connectivity index (χ3v) is 3.19. The topological polar surface area (TPSA) is 53.5 Å². The van der Waals surface area contributed by atoms with Crippen LogP contribution in [0, 0.1) is 0 Å². The molecule has 2 heterocycles. The van der Waals surface area contributed by atoms with E-state index in [1.54, 1.807) is 36.7 Å². The van der Waals surface area contributed by atoms with Crippen LogP contribution in [0.2, 0.25) is 0 Å². The summed E-state index contributed by atoms with van der Waals surface area (Å²) in [5, 5.41) is 1.39. The Labute approximate surface area is 92.1 Å². The predicted octanol–water partition coefficient (Wildman–Crippen LogP) is 1.12. The highest BCUT2D eigenvalue weighted by Crippen LogP contribution is 2.22. The maximum absolute atomic E-state index is 11.2. The summed E-state index contributed by atoms with van der Waals surface area (Å²) < 4.78 is 23.4. The highest BCUT2D eigenvalue weighted by Gasteiger charge is 2.28. The molecule has 1 aromatic rings. The van der Waals surface area contributed by atoms with Crippen LogP contribution in [0.25, 0.3) is 0 Å². The van der Waals surface area contributed by atoms with Gasteiger partial charge in [-0.3, -0.25) is 0 Å². The van der Waals surface area contributed by atoms with E-state index in [1.165, 1.54) is 5.01 Å². The Bertz CT molecular complexity index is 474. The van der Waals surface area contributed by atoms with Gasteiger partial charge in [-0.15, -0.1) is 0 Å². The lowest BCUT2D eigenvalue weighted by atomic mass is 10.4. The Morgan fingerprint density at radius 3 is 2.80 bits per heavy atom. The van der Waals surface area contributed by atoms with Crippen molar-refractivity contribution in [1.82, 2.24) is 9.40 Å². The molecule has 0 saturated heterocycles. The van der Waals surface area contributed by atoms with Gasteiger partial charge in [0.25, 0.3) is 0 Å². The normalized spacial score (nSPS) is 17.3. The van der Waals surface area contributed by atoms with E-state index >= 15 is 0 Å². The second-order valence-electron chi connectivity index (χ2n) is 2.86. The van der Waals surface area contributed by atoms with Crippen LogP contribution >= 0.6 is 10.7 Å². The molecule has 80 valence electrons. The van der Waals surface area contributed by atoms with Gasteiger partial charge in [0.1, 0.15) is 5.82 Å². The lowest BCUT2D eigenvalue weighted by molar-refractivity contribution is 0.474. The van der Waals surface area contributed by atoms with E-state index in [9.17, 15) is 8.42 Å². The van der Waals surface area contributed by atoms with E-state index in [0.717, 1.165) is 4.41 Å². The summed E-state index contributed by atoms with van der Waals surface area (Å²) in [6.45, 7) is 0.225. The molecule has 1 aromatic heterocycles. The van der Waals surface area contributed by atoms with Gasteiger partial charge in [-0.25, -0.2) is 9.99 Å². The number of aromatic nitrogens is 1. The largest absolute Gasteiger partial charge is 0.317 e. The Morgan fingerprint density at radius 2 is 2.20 bits per heavy atom. The van der Waals surface area contributed by atoms with Crippen LogP contribution in [0.4, 0.5) is 5.82 Å². The number of hydrogen-bond acceptors (Lipinski definition) is 4. The van der Waals surface area contributed by atoms with E-state index in [0.29, 0.717) is 5.82 Å². The SMILES string of the molecule is O=S(=O)(Cl)N1CC=CN1c1ccccn1. The first-order valence-corrected chi connectivity index (χ1v) is 6.45. The minimum atomic E-state index is -3.77. The van der Waals surface area contributed by atoms with E-state index in [1.807, 2.05) is 0 Å². The van der Waals surface area contributed by atoms with Crippen LogP contribution in [-0.4, -0.2) is 24.4 Å². The van der Waals surface area contributed by atoms with E-state index < -0.39 is 9.24 Å². The van der Waals surface area contributed by atoms with Gasteiger partial charge in [0, 0.05) is 23.1 Å². The summed E-state index contributed by atoms with van der Waals surface area (Å²) in [6, 6.07) is 5.22. The third-order valence-electron chi connectivity index (χ3n) is 1.88. The molecule has 0 aliphatic carbocycles. The smallest absolute Gasteiger partial charge is 0.250 e. The average molecular weight is 246 g/mol. The second-order valence-corrected chi connectivity index (χ2v) is 5.28. The fraction of sp³-hybridized carbons (Fsp3) is 0.125. The van der Waals surface area contributed by atoms with Gasteiger partial charge in [0.05, 0.1) is 6.54 Å². The van der Waals surface area contributed by atoms with Crippen molar-refractivity contribution in [2.24, 2.45) is 0 Å². The van der Waals surface area contributed by atoms with Gasteiger partial charge in [-0.2, -0.15) is 8.42 Å². The molecule has 7 heteroatoms. The van der Waals surface area contributed by atoms with Gasteiger partial charge < -0.3 is 0 Å². The summed E-state index contributed by atoms with van der Waals surface area (Å²) in [5.74, 6) is 0.510. The predicted molar refractivity (Wildman–Crippen MR) is 57.3 cm³/mol. The van der Waals surface area contributed by atoms with Gasteiger partial charge >= 0.3 is 9.24 Å². The van der Waals surface area contributed by atoms with Crippen molar-refractivity contribution >= 4 is 25.7 Å². The van der Waals surface area contributed by atoms with Crippen LogP contribution in [0.3, 0.4) is 0 Å². The van der Waals surface area contributed by atoms with E-state index in [2.05, 4.69) is 4.98 Å². The van der Waals surface area contributed by atoms with Crippen molar-refractivity contribution in [2.75, 3.05) is 11.6 Å². The zero-order valence-electron chi connectivity index (χ0n) is 7.62. The van der Waals surface area contributed by atoms with E-state index in [-0.39, 0.29) is 6.54 Å². The summed E-state index contributed by atoms with van der Waals surface area (Å²) >= 11 is 0. The summed E-state index contributed by atoms with van der Waals surface area (Å²) in [4.78, 5) is 4.03. The number of rotatable bonds is 2. The highest BCUT2D eigenvalue weighted by atomic mass is 35.7. The lowest BCUT2D eigenvalue weighted by Gasteiger charge is -2.24. The number of nitrogens with zero attached hydrogens (tertiary/aromatic N) is 3. The number of hydrogen-bond donors (Lipinski definition) is 0. The van der Waals surface area contributed by atoms with Crippen molar-refractivity contribution < 1.29 is 8.42 Å². The first-order chi connectivity index (χ1) is 7.09. The van der Waals surface area contributed by atoms with E-state index in [4.69, 9.17) is 10.7 Å². The molecule has 0 unspecified atom stereocenters. The molecule has 2 rings (SSSR count). The molecule has 15 heavy (non-hydrogen) atoms. The highest BCUT2D eigenvalue weighted by molar-refractivity contribution is 8.11. The van der Waals surface area contributed by atoms with Crippen molar-refractivity contribution in [3.63, 3.8) is 0 Å². The number of pyridine rings is 1. The Balaban J connectivity index is 2.34. The minimum absolute atomic E-state index is 0.225. The molecule has 0 bridgehead atoms. The molecular formula is C8H8ClN3O2S. The quantitative estimate of drug-likeness (QED) is 0.733. The standard InChI is InChI=1S/C8H8ClN3O2S/c9-15(13,14)12-7-3-6-11(12)8-4-1-2-5-10-8/h1-6H,7H2. The second kappa shape index (κ2) is 3.80. The average Bonchev–Trinajstić information content (AvgIpc) is 2.67. The molecule has 0 spiro atoms. The maximum atomic E-state index is 11.2. The minimum Gasteiger partial charge on any atom is -0.250 e. The monoisotopic (exact) mass is 245 g/mol. The van der Waals surface area contributed by atoms with Gasteiger partial charge in [0.2, 0.25) is 0 Å². The zero-order valence-corrected chi connectivity index (χ0v) is 9.19. The van der Waals surface area contributed by atoms with Crippen LogP contribution in [-0.2, 0) is 9.24 Å². The third kappa shape index (κ3) is 2.11. The molecule has 0 radical (unpaired) electrons. The molecule has 0 aromatic carbocycles. The molecule has 0 amide bonds. The van der Waals surface area contributed by atoms with Crippen LogP contribution in [0.15, 0.2) is 36.7 Å². The molecule has 1 aliphatic rings. The van der Waals surface area contributed by atoms with Crippen molar-refractivity contribution in [2.45, 2.75) is 0 Å². The first-order valence-electron chi connectivity index (χ1n) is 4.18. The van der Waals surface area contributed by atoms with Crippen LogP contribution < -0.4 is 5.01 Å². The molecule has 0 atom stereocenters. The Kier molecular flexibility index (Phi) is 2.64. The molecule has 0 saturated carbocycles. The summed E-state index contributed by atoms with van der Waals surface area (Å²) in [7, 11) is 1.50. The zero-order chi connectivity index (χ0) is 10.9. The van der Waals surface area contributed by atoms with Gasteiger partial charge in [-0.05, 0) is 18.2 Å². The number of anilines is 1. The fourth-order valence-electron chi connectivity index (χ4n) is 1.27. The maximum Gasteiger partial charge on any atom is 0.317 e. The van der Waals surface area contributed by atoms with Crippen molar-refractivity contribution in [3.05, 3.63) is 36.7 Å². The number of hydrazine groups is 1. The van der Waals surface area contributed by atoms with Gasteiger partial charge in [-0.1, -0.05) is 10.5 Å². The fourth-order valence-corrected chi connectivity index (χ4v) is 2.25. The van der Waals surface area contributed by atoms with Crippen LogP contribution in [0.1, 0.15) is 0 Å². The molecule has 0 fully saturated rings. The molecule has 1 aliphatic heterocycles. The van der Waals surface area contributed by atoms with Crippen LogP contribution in [0.5, 0.6) is 0 Å².